The zero-order valence-electron chi connectivity index (χ0n) is 16.6. The van der Waals surface area contributed by atoms with Crippen molar-refractivity contribution >= 4 is 16.7 Å². The minimum atomic E-state index is -0.642. The van der Waals surface area contributed by atoms with Crippen LogP contribution in [-0.4, -0.2) is 28.6 Å². The lowest BCUT2D eigenvalue weighted by Gasteiger charge is -2.14. The summed E-state index contributed by atoms with van der Waals surface area (Å²) in [5.74, 6) is 0.335. The lowest BCUT2D eigenvalue weighted by Crippen LogP contribution is -2.05. The van der Waals surface area contributed by atoms with Crippen molar-refractivity contribution < 1.29 is 13.5 Å². The quantitative estimate of drug-likeness (QED) is 0.460. The Morgan fingerprint density at radius 2 is 1.73 bits per heavy atom. The molecule has 0 unspecified atom stereocenters. The Labute approximate surface area is 172 Å². The van der Waals surface area contributed by atoms with E-state index in [0.29, 0.717) is 46.0 Å². The standard InChI is InChI=1S/C23H20F2N4O/c1-3-6-27-23-19-10-16(15-8-17(24)12-18(25)9-15)11-20(30-2)21(19)28-22(29-23)14-5-4-7-26-13-14/h4-5,7-13H,3,6H2,1-2H3,(H,27,28,29). The third-order valence-corrected chi connectivity index (χ3v) is 4.64. The second-order valence-electron chi connectivity index (χ2n) is 6.80. The van der Waals surface area contributed by atoms with E-state index in [1.54, 1.807) is 18.5 Å². The number of rotatable bonds is 6. The Morgan fingerprint density at radius 1 is 0.967 bits per heavy atom. The number of nitrogens with one attached hydrogen (secondary N) is 1. The average molecular weight is 406 g/mol. The molecule has 4 rings (SSSR count). The predicted octanol–water partition coefficient (Wildman–Crippen LogP) is 5.47. The highest BCUT2D eigenvalue weighted by atomic mass is 19.1. The Bertz CT molecular complexity index is 1180. The van der Waals surface area contributed by atoms with Gasteiger partial charge in [0.05, 0.1) is 7.11 Å². The van der Waals surface area contributed by atoms with Crippen molar-refractivity contribution in [2.24, 2.45) is 0 Å². The van der Waals surface area contributed by atoms with E-state index >= 15 is 0 Å². The number of anilines is 1. The van der Waals surface area contributed by atoms with Gasteiger partial charge in [0, 0.05) is 36.0 Å². The first kappa shape index (κ1) is 19.7. The molecule has 30 heavy (non-hydrogen) atoms. The van der Waals surface area contributed by atoms with Crippen molar-refractivity contribution in [3.05, 3.63) is 66.5 Å². The van der Waals surface area contributed by atoms with Crippen molar-refractivity contribution in [3.63, 3.8) is 0 Å². The number of ether oxygens (including phenoxy) is 1. The average Bonchev–Trinajstić information content (AvgIpc) is 2.76. The molecule has 152 valence electrons. The van der Waals surface area contributed by atoms with Crippen LogP contribution in [0.25, 0.3) is 33.4 Å². The molecule has 4 aromatic rings. The van der Waals surface area contributed by atoms with E-state index in [2.05, 4.69) is 22.2 Å². The monoisotopic (exact) mass is 406 g/mol. The maximum absolute atomic E-state index is 13.8. The molecule has 0 bridgehead atoms. The van der Waals surface area contributed by atoms with Crippen molar-refractivity contribution in [1.29, 1.82) is 0 Å². The van der Waals surface area contributed by atoms with Gasteiger partial charge < -0.3 is 10.1 Å². The maximum Gasteiger partial charge on any atom is 0.163 e. The minimum absolute atomic E-state index is 0.408. The number of pyridine rings is 1. The van der Waals surface area contributed by atoms with E-state index < -0.39 is 11.6 Å². The highest BCUT2D eigenvalue weighted by Gasteiger charge is 2.16. The Hall–Kier alpha value is -3.61. The third kappa shape index (κ3) is 3.91. The molecule has 0 radical (unpaired) electrons. The number of halogens is 2. The Kier molecular flexibility index (Phi) is 5.52. The molecule has 7 heteroatoms. The van der Waals surface area contributed by atoms with Crippen LogP contribution in [0.2, 0.25) is 0 Å². The minimum Gasteiger partial charge on any atom is -0.494 e. The zero-order valence-corrected chi connectivity index (χ0v) is 16.6. The van der Waals surface area contributed by atoms with Crippen LogP contribution in [0.5, 0.6) is 5.75 Å². The van der Waals surface area contributed by atoms with E-state index in [4.69, 9.17) is 9.72 Å². The summed E-state index contributed by atoms with van der Waals surface area (Å²) in [4.78, 5) is 13.5. The summed E-state index contributed by atoms with van der Waals surface area (Å²) in [6.45, 7) is 2.76. The number of nitrogens with zero attached hydrogens (tertiary/aromatic N) is 3. The molecule has 2 aromatic carbocycles. The largest absolute Gasteiger partial charge is 0.494 e. The first-order valence-electron chi connectivity index (χ1n) is 9.59. The molecule has 0 aliphatic rings. The highest BCUT2D eigenvalue weighted by Crippen LogP contribution is 2.36. The van der Waals surface area contributed by atoms with Crippen molar-refractivity contribution in [2.75, 3.05) is 19.0 Å². The number of fused-ring (bicyclic) bond motifs is 1. The number of hydrogen-bond donors (Lipinski definition) is 1. The van der Waals surface area contributed by atoms with Crippen LogP contribution in [0.4, 0.5) is 14.6 Å². The fourth-order valence-electron chi connectivity index (χ4n) is 3.25. The predicted molar refractivity (Wildman–Crippen MR) is 113 cm³/mol. The molecule has 0 saturated heterocycles. The molecule has 0 amide bonds. The SMILES string of the molecule is CCCNc1nc(-c2cccnc2)nc2c(OC)cc(-c3cc(F)cc(F)c3)cc12. The van der Waals surface area contributed by atoms with Gasteiger partial charge in [-0.1, -0.05) is 6.92 Å². The summed E-state index contributed by atoms with van der Waals surface area (Å²) in [6, 6.07) is 10.7. The first-order chi connectivity index (χ1) is 14.6. The number of methoxy groups -OCH3 is 1. The van der Waals surface area contributed by atoms with Gasteiger partial charge in [0.15, 0.2) is 5.82 Å². The van der Waals surface area contributed by atoms with Gasteiger partial charge in [-0.05, 0) is 53.9 Å². The van der Waals surface area contributed by atoms with E-state index in [1.165, 1.54) is 19.2 Å². The highest BCUT2D eigenvalue weighted by molar-refractivity contribution is 5.97. The van der Waals surface area contributed by atoms with Crippen LogP contribution in [0.3, 0.4) is 0 Å². The fourth-order valence-corrected chi connectivity index (χ4v) is 3.25. The maximum atomic E-state index is 13.8. The lowest BCUT2D eigenvalue weighted by molar-refractivity contribution is 0.419. The van der Waals surface area contributed by atoms with Crippen LogP contribution in [0.15, 0.2) is 54.9 Å². The molecule has 0 fully saturated rings. The van der Waals surface area contributed by atoms with Gasteiger partial charge in [-0.15, -0.1) is 0 Å². The van der Waals surface area contributed by atoms with Crippen molar-refractivity contribution in [2.45, 2.75) is 13.3 Å². The smallest absolute Gasteiger partial charge is 0.163 e. The number of aromatic nitrogens is 3. The normalized spacial score (nSPS) is 10.9. The van der Waals surface area contributed by atoms with Crippen LogP contribution >= 0.6 is 0 Å². The van der Waals surface area contributed by atoms with E-state index in [0.717, 1.165) is 18.1 Å². The van der Waals surface area contributed by atoms with Crippen LogP contribution in [0.1, 0.15) is 13.3 Å². The topological polar surface area (TPSA) is 59.9 Å². The molecule has 0 atom stereocenters. The number of hydrogen-bond acceptors (Lipinski definition) is 5. The third-order valence-electron chi connectivity index (χ3n) is 4.64. The first-order valence-corrected chi connectivity index (χ1v) is 9.59. The van der Waals surface area contributed by atoms with Crippen LogP contribution in [-0.2, 0) is 0 Å². The fraction of sp³-hybridized carbons (Fsp3) is 0.174. The van der Waals surface area contributed by atoms with Gasteiger partial charge in [-0.2, -0.15) is 0 Å². The summed E-state index contributed by atoms with van der Waals surface area (Å²) in [5.41, 5.74) is 2.39. The molecule has 0 saturated carbocycles. The van der Waals surface area contributed by atoms with Crippen molar-refractivity contribution in [1.82, 2.24) is 15.0 Å². The Morgan fingerprint density at radius 3 is 2.40 bits per heavy atom. The summed E-state index contributed by atoms with van der Waals surface area (Å²) in [7, 11) is 1.54. The molecular formula is C23H20F2N4O. The van der Waals surface area contributed by atoms with Crippen LogP contribution < -0.4 is 10.1 Å². The molecule has 0 spiro atoms. The van der Waals surface area contributed by atoms with Gasteiger partial charge in [-0.3, -0.25) is 4.98 Å². The van der Waals surface area contributed by atoms with Gasteiger partial charge in [0.25, 0.3) is 0 Å². The van der Waals surface area contributed by atoms with E-state index in [9.17, 15) is 8.78 Å². The molecule has 1 N–H and O–H groups in total. The summed E-state index contributed by atoms with van der Waals surface area (Å²) in [5, 5.41) is 4.03. The van der Waals surface area contributed by atoms with Gasteiger partial charge >= 0.3 is 0 Å². The zero-order chi connectivity index (χ0) is 21.1. The second kappa shape index (κ2) is 8.41. The molecule has 5 nitrogen and oxygen atoms in total. The molecule has 0 aliphatic heterocycles. The molecular weight excluding hydrogens is 386 g/mol. The lowest BCUT2D eigenvalue weighted by atomic mass is 10.0. The number of benzene rings is 2. The van der Waals surface area contributed by atoms with E-state index in [-0.39, 0.29) is 0 Å². The summed E-state index contributed by atoms with van der Waals surface area (Å²) in [6.07, 6.45) is 4.28. The summed E-state index contributed by atoms with van der Waals surface area (Å²) >= 11 is 0. The molecule has 2 heterocycles. The molecule has 0 aliphatic carbocycles. The summed E-state index contributed by atoms with van der Waals surface area (Å²) < 4.78 is 33.1. The van der Waals surface area contributed by atoms with Gasteiger partial charge in [0.1, 0.15) is 28.7 Å². The Balaban J connectivity index is 1.97. The van der Waals surface area contributed by atoms with Crippen LogP contribution in [0, 0.1) is 11.6 Å². The second-order valence-corrected chi connectivity index (χ2v) is 6.80. The van der Waals surface area contributed by atoms with Crippen molar-refractivity contribution in [3.8, 4) is 28.3 Å². The van der Waals surface area contributed by atoms with Gasteiger partial charge in [-0.25, -0.2) is 18.7 Å². The molecule has 2 aromatic heterocycles. The van der Waals surface area contributed by atoms with Gasteiger partial charge in [0.2, 0.25) is 0 Å². The van der Waals surface area contributed by atoms with E-state index in [1.807, 2.05) is 18.2 Å².